The van der Waals surface area contributed by atoms with Crippen LogP contribution in [0.1, 0.15) is 31.2 Å². The average Bonchev–Trinajstić information content (AvgIpc) is 2.85. The quantitative estimate of drug-likeness (QED) is 0.829. The van der Waals surface area contributed by atoms with Crippen molar-refractivity contribution in [2.24, 2.45) is 0 Å². The molecule has 0 bridgehead atoms. The number of aryl methyl sites for hydroxylation is 2. The predicted octanol–water partition coefficient (Wildman–Crippen LogP) is 2.22. The van der Waals surface area contributed by atoms with Crippen LogP contribution in [0, 0.1) is 0 Å². The lowest BCUT2D eigenvalue weighted by molar-refractivity contribution is 0.161. The van der Waals surface area contributed by atoms with Crippen molar-refractivity contribution in [3.8, 4) is 0 Å². The van der Waals surface area contributed by atoms with Crippen LogP contribution < -0.4 is 0 Å². The summed E-state index contributed by atoms with van der Waals surface area (Å²) >= 11 is 0. The van der Waals surface area contributed by atoms with Crippen LogP contribution in [0.25, 0.3) is 0 Å². The minimum Gasteiger partial charge on any atom is -0.393 e. The lowest BCUT2D eigenvalue weighted by Gasteiger charge is -2.12. The maximum absolute atomic E-state index is 10.1. The topological polar surface area (TPSA) is 50.9 Å². The molecule has 2 aromatic heterocycles. The number of aromatic nitrogens is 3. The second kappa shape index (κ2) is 7.04. The summed E-state index contributed by atoms with van der Waals surface area (Å²) in [5.74, 6) is 0.976. The van der Waals surface area contributed by atoms with E-state index in [4.69, 9.17) is 0 Å². The Hall–Kier alpha value is -1.68. The molecule has 2 heterocycles. The number of hydrogen-bond acceptors (Lipinski definition) is 3. The molecule has 102 valence electrons. The fourth-order valence-corrected chi connectivity index (χ4v) is 2.17. The van der Waals surface area contributed by atoms with Crippen molar-refractivity contribution >= 4 is 0 Å². The molecule has 0 aliphatic rings. The summed E-state index contributed by atoms with van der Waals surface area (Å²) in [5.41, 5.74) is 1.21. The zero-order valence-electron chi connectivity index (χ0n) is 11.4. The molecule has 2 aromatic rings. The van der Waals surface area contributed by atoms with Crippen molar-refractivity contribution in [2.75, 3.05) is 0 Å². The van der Waals surface area contributed by atoms with Crippen LogP contribution in [0.15, 0.2) is 36.9 Å². The molecule has 0 spiro atoms. The van der Waals surface area contributed by atoms with Gasteiger partial charge in [0.1, 0.15) is 5.82 Å². The van der Waals surface area contributed by atoms with Crippen LogP contribution in [-0.2, 0) is 19.4 Å². The smallest absolute Gasteiger partial charge is 0.111 e. The monoisotopic (exact) mass is 259 g/mol. The first-order chi connectivity index (χ1) is 9.29. The van der Waals surface area contributed by atoms with Gasteiger partial charge in [0.25, 0.3) is 0 Å². The third-order valence-electron chi connectivity index (χ3n) is 3.20. The third kappa shape index (κ3) is 4.17. The van der Waals surface area contributed by atoms with Crippen molar-refractivity contribution in [1.82, 2.24) is 14.5 Å². The van der Waals surface area contributed by atoms with Crippen LogP contribution in [0.2, 0.25) is 0 Å². The lowest BCUT2D eigenvalue weighted by Crippen LogP contribution is -2.15. The Labute approximate surface area is 114 Å². The van der Waals surface area contributed by atoms with E-state index in [2.05, 4.69) is 21.5 Å². The molecule has 0 aliphatic carbocycles. The van der Waals surface area contributed by atoms with Gasteiger partial charge >= 0.3 is 0 Å². The Bertz CT molecular complexity index is 481. The average molecular weight is 259 g/mol. The van der Waals surface area contributed by atoms with Crippen molar-refractivity contribution in [3.63, 3.8) is 0 Å². The normalized spacial score (nSPS) is 12.5. The zero-order chi connectivity index (χ0) is 13.5. The summed E-state index contributed by atoms with van der Waals surface area (Å²) in [4.78, 5) is 8.31. The first-order valence-electron chi connectivity index (χ1n) is 6.86. The van der Waals surface area contributed by atoms with Gasteiger partial charge in [0.05, 0.1) is 6.10 Å². The molecule has 0 saturated carbocycles. The first-order valence-corrected chi connectivity index (χ1v) is 6.86. The second-order valence-corrected chi connectivity index (χ2v) is 4.79. The molecule has 1 unspecified atom stereocenters. The van der Waals surface area contributed by atoms with E-state index in [9.17, 15) is 5.11 Å². The van der Waals surface area contributed by atoms with Crippen LogP contribution in [0.3, 0.4) is 0 Å². The Balaban J connectivity index is 1.84. The molecule has 2 rings (SSSR count). The highest BCUT2D eigenvalue weighted by atomic mass is 16.3. The van der Waals surface area contributed by atoms with Gasteiger partial charge in [-0.15, -0.1) is 0 Å². The molecule has 1 atom stereocenters. The highest BCUT2D eigenvalue weighted by molar-refractivity contribution is 5.09. The molecule has 0 aliphatic heterocycles. The predicted molar refractivity (Wildman–Crippen MR) is 74.8 cm³/mol. The van der Waals surface area contributed by atoms with Gasteiger partial charge in [-0.25, -0.2) is 4.98 Å². The maximum atomic E-state index is 10.1. The number of imidazole rings is 1. The zero-order valence-corrected chi connectivity index (χ0v) is 11.4. The lowest BCUT2D eigenvalue weighted by atomic mass is 10.1. The van der Waals surface area contributed by atoms with Gasteiger partial charge in [0.2, 0.25) is 0 Å². The van der Waals surface area contributed by atoms with Crippen LogP contribution in [-0.4, -0.2) is 25.7 Å². The number of nitrogens with zero attached hydrogens (tertiary/aromatic N) is 3. The van der Waals surface area contributed by atoms with Crippen LogP contribution in [0.5, 0.6) is 0 Å². The minimum atomic E-state index is -0.342. The number of hydrogen-bond donors (Lipinski definition) is 1. The van der Waals surface area contributed by atoms with Crippen LogP contribution in [0.4, 0.5) is 0 Å². The van der Waals surface area contributed by atoms with Gasteiger partial charge in [-0.1, -0.05) is 6.92 Å². The number of aliphatic hydroxyl groups is 1. The number of aliphatic hydroxyl groups excluding tert-OH is 1. The SMILES string of the molecule is CCCn1ccnc1CC(O)CCc1ccncc1. The van der Waals surface area contributed by atoms with E-state index in [0.717, 1.165) is 31.6 Å². The Kier molecular flexibility index (Phi) is 5.10. The molecular formula is C15H21N3O. The molecule has 0 saturated heterocycles. The van der Waals surface area contributed by atoms with E-state index >= 15 is 0 Å². The van der Waals surface area contributed by atoms with Crippen molar-refractivity contribution < 1.29 is 5.11 Å². The highest BCUT2D eigenvalue weighted by Gasteiger charge is 2.10. The number of pyridine rings is 1. The summed E-state index contributed by atoms with van der Waals surface area (Å²) in [6.45, 7) is 3.11. The van der Waals surface area contributed by atoms with E-state index < -0.39 is 0 Å². The van der Waals surface area contributed by atoms with Gasteiger partial charge in [-0.2, -0.15) is 0 Å². The number of rotatable bonds is 7. The van der Waals surface area contributed by atoms with E-state index in [-0.39, 0.29) is 6.10 Å². The molecule has 4 nitrogen and oxygen atoms in total. The van der Waals surface area contributed by atoms with Gasteiger partial charge in [-0.3, -0.25) is 4.98 Å². The third-order valence-corrected chi connectivity index (χ3v) is 3.20. The Morgan fingerprint density at radius 3 is 2.79 bits per heavy atom. The van der Waals surface area contributed by atoms with Crippen LogP contribution >= 0.6 is 0 Å². The molecule has 0 fully saturated rings. The maximum Gasteiger partial charge on any atom is 0.111 e. The summed E-state index contributed by atoms with van der Waals surface area (Å²) in [7, 11) is 0. The molecule has 0 radical (unpaired) electrons. The van der Waals surface area contributed by atoms with Crippen molar-refractivity contribution in [1.29, 1.82) is 0 Å². The molecular weight excluding hydrogens is 238 g/mol. The molecule has 0 aromatic carbocycles. The van der Waals surface area contributed by atoms with Gasteiger partial charge < -0.3 is 9.67 Å². The largest absolute Gasteiger partial charge is 0.393 e. The fraction of sp³-hybridized carbons (Fsp3) is 0.467. The van der Waals surface area contributed by atoms with Gasteiger partial charge in [0.15, 0.2) is 0 Å². The fourth-order valence-electron chi connectivity index (χ4n) is 2.17. The molecule has 19 heavy (non-hydrogen) atoms. The summed E-state index contributed by atoms with van der Waals surface area (Å²) in [6.07, 6.45) is 10.3. The standard InChI is InChI=1S/C15H21N3O/c1-2-10-18-11-9-17-15(18)12-14(19)4-3-13-5-7-16-8-6-13/h5-9,11,14,19H,2-4,10,12H2,1H3. The van der Waals surface area contributed by atoms with Gasteiger partial charge in [0, 0.05) is 37.8 Å². The van der Waals surface area contributed by atoms with Gasteiger partial charge in [-0.05, 0) is 37.0 Å². The summed E-state index contributed by atoms with van der Waals surface area (Å²) < 4.78 is 2.12. The summed E-state index contributed by atoms with van der Waals surface area (Å²) in [5, 5.41) is 10.1. The Morgan fingerprint density at radius 2 is 2.05 bits per heavy atom. The van der Waals surface area contributed by atoms with E-state index in [0.29, 0.717) is 6.42 Å². The molecule has 0 amide bonds. The highest BCUT2D eigenvalue weighted by Crippen LogP contribution is 2.09. The molecule has 4 heteroatoms. The molecule has 1 N–H and O–H groups in total. The summed E-state index contributed by atoms with van der Waals surface area (Å²) in [6, 6.07) is 3.98. The van der Waals surface area contributed by atoms with Crippen molar-refractivity contribution in [2.45, 2.75) is 45.3 Å². The first kappa shape index (κ1) is 13.7. The van der Waals surface area contributed by atoms with Crippen molar-refractivity contribution in [3.05, 3.63) is 48.3 Å². The van der Waals surface area contributed by atoms with E-state index in [1.54, 1.807) is 18.6 Å². The van der Waals surface area contributed by atoms with E-state index in [1.165, 1.54) is 5.56 Å². The van der Waals surface area contributed by atoms with E-state index in [1.807, 2.05) is 18.3 Å². The second-order valence-electron chi connectivity index (χ2n) is 4.79. The minimum absolute atomic E-state index is 0.342. The Morgan fingerprint density at radius 1 is 1.26 bits per heavy atom.